The minimum atomic E-state index is -4.84. The third-order valence-corrected chi connectivity index (χ3v) is 4.70. The van der Waals surface area contributed by atoms with Gasteiger partial charge in [-0.1, -0.05) is 29.8 Å². The van der Waals surface area contributed by atoms with E-state index in [9.17, 15) is 21.6 Å². The van der Waals surface area contributed by atoms with Gasteiger partial charge in [-0.3, -0.25) is 0 Å². The lowest BCUT2D eigenvalue weighted by Gasteiger charge is -2.14. The van der Waals surface area contributed by atoms with Gasteiger partial charge in [-0.05, 0) is 30.3 Å². The Hall–Kier alpha value is -1.77. The first-order valence-electron chi connectivity index (χ1n) is 6.74. The molecule has 24 heavy (non-hydrogen) atoms. The molecule has 0 radical (unpaired) electrons. The molecule has 0 aromatic heterocycles. The third-order valence-electron chi connectivity index (χ3n) is 2.94. The number of hydrogen-bond acceptors (Lipinski definition) is 3. The molecule has 4 nitrogen and oxygen atoms in total. The van der Waals surface area contributed by atoms with Crippen LogP contribution in [-0.2, 0) is 16.2 Å². The zero-order valence-corrected chi connectivity index (χ0v) is 13.8. The van der Waals surface area contributed by atoms with Gasteiger partial charge in [-0.25, -0.2) is 13.1 Å². The van der Waals surface area contributed by atoms with E-state index in [-0.39, 0.29) is 18.2 Å². The van der Waals surface area contributed by atoms with Crippen molar-refractivity contribution in [3.05, 3.63) is 59.1 Å². The number of sulfonamides is 1. The fraction of sp³-hybridized carbons (Fsp3) is 0.200. The standard InChI is InChI=1S/C15H13ClF3NO3S/c16-11-6-7-14(13(10-11)15(17,18)19)24(21,22)20-8-9-23-12-4-2-1-3-5-12/h1-7,10,20H,8-9H2. The fourth-order valence-electron chi connectivity index (χ4n) is 1.90. The largest absolute Gasteiger partial charge is 0.492 e. The predicted octanol–water partition coefficient (Wildman–Crippen LogP) is 3.72. The van der Waals surface area contributed by atoms with Crippen LogP contribution in [0.25, 0.3) is 0 Å². The van der Waals surface area contributed by atoms with Crippen molar-refractivity contribution < 1.29 is 26.3 Å². The average molecular weight is 380 g/mol. The monoisotopic (exact) mass is 379 g/mol. The molecule has 0 aliphatic heterocycles. The highest BCUT2D eigenvalue weighted by Crippen LogP contribution is 2.35. The van der Waals surface area contributed by atoms with Crippen molar-refractivity contribution in [2.24, 2.45) is 0 Å². The Balaban J connectivity index is 2.08. The van der Waals surface area contributed by atoms with Crippen LogP contribution in [0.2, 0.25) is 5.02 Å². The molecule has 0 amide bonds. The van der Waals surface area contributed by atoms with Gasteiger partial charge in [0.15, 0.2) is 0 Å². The number of alkyl halides is 3. The van der Waals surface area contributed by atoms with E-state index in [1.807, 2.05) is 0 Å². The minimum absolute atomic E-state index is 0.0296. The van der Waals surface area contributed by atoms with E-state index in [1.165, 1.54) is 0 Å². The Morgan fingerprint density at radius 1 is 1.08 bits per heavy atom. The highest BCUT2D eigenvalue weighted by atomic mass is 35.5. The van der Waals surface area contributed by atoms with Gasteiger partial charge in [0, 0.05) is 11.6 Å². The molecule has 0 heterocycles. The van der Waals surface area contributed by atoms with Crippen molar-refractivity contribution in [1.82, 2.24) is 4.72 Å². The highest BCUT2D eigenvalue weighted by Gasteiger charge is 2.37. The zero-order valence-electron chi connectivity index (χ0n) is 12.2. The highest BCUT2D eigenvalue weighted by molar-refractivity contribution is 7.89. The van der Waals surface area contributed by atoms with Gasteiger partial charge in [-0.2, -0.15) is 13.2 Å². The molecule has 0 saturated carbocycles. The van der Waals surface area contributed by atoms with Gasteiger partial charge in [0.1, 0.15) is 12.4 Å². The topological polar surface area (TPSA) is 55.4 Å². The quantitative estimate of drug-likeness (QED) is 0.778. The van der Waals surface area contributed by atoms with Crippen LogP contribution in [0.5, 0.6) is 5.75 Å². The van der Waals surface area contributed by atoms with Gasteiger partial charge in [0.25, 0.3) is 0 Å². The molecule has 2 rings (SSSR count). The molecule has 2 aromatic rings. The van der Waals surface area contributed by atoms with Gasteiger partial charge in [-0.15, -0.1) is 0 Å². The summed E-state index contributed by atoms with van der Waals surface area (Å²) in [5, 5.41) is -0.200. The minimum Gasteiger partial charge on any atom is -0.492 e. The average Bonchev–Trinajstić information content (AvgIpc) is 2.51. The smallest absolute Gasteiger partial charge is 0.417 e. The first-order chi connectivity index (χ1) is 11.2. The molecular weight excluding hydrogens is 367 g/mol. The van der Waals surface area contributed by atoms with E-state index in [1.54, 1.807) is 30.3 Å². The number of halogens is 4. The van der Waals surface area contributed by atoms with Crippen LogP contribution in [0.3, 0.4) is 0 Å². The van der Waals surface area contributed by atoms with Crippen molar-refractivity contribution in [2.45, 2.75) is 11.1 Å². The summed E-state index contributed by atoms with van der Waals surface area (Å²) in [6.45, 7) is -0.213. The molecular formula is C15H13ClF3NO3S. The van der Waals surface area contributed by atoms with Crippen molar-refractivity contribution in [2.75, 3.05) is 13.2 Å². The van der Waals surface area contributed by atoms with Gasteiger partial charge in [0.05, 0.1) is 10.5 Å². The van der Waals surface area contributed by atoms with E-state index in [4.69, 9.17) is 16.3 Å². The summed E-state index contributed by atoms with van der Waals surface area (Å²) >= 11 is 5.53. The summed E-state index contributed by atoms with van der Waals surface area (Å²) in [6.07, 6.45) is -4.84. The van der Waals surface area contributed by atoms with E-state index in [0.29, 0.717) is 11.8 Å². The van der Waals surface area contributed by atoms with Crippen molar-refractivity contribution >= 4 is 21.6 Å². The summed E-state index contributed by atoms with van der Waals surface area (Å²) in [5.41, 5.74) is -1.31. The van der Waals surface area contributed by atoms with Crippen LogP contribution in [0.1, 0.15) is 5.56 Å². The predicted molar refractivity (Wildman–Crippen MR) is 83.6 cm³/mol. The molecule has 0 spiro atoms. The summed E-state index contributed by atoms with van der Waals surface area (Å²) in [6, 6.07) is 11.1. The van der Waals surface area contributed by atoms with Crippen LogP contribution in [-0.4, -0.2) is 21.6 Å². The lowest BCUT2D eigenvalue weighted by molar-refractivity contribution is -0.139. The van der Waals surface area contributed by atoms with Crippen molar-refractivity contribution in [3.63, 3.8) is 0 Å². The van der Waals surface area contributed by atoms with Crippen LogP contribution in [0, 0.1) is 0 Å². The molecule has 0 fully saturated rings. The van der Waals surface area contributed by atoms with Gasteiger partial charge in [0.2, 0.25) is 10.0 Å². The molecule has 2 aromatic carbocycles. The maximum Gasteiger partial charge on any atom is 0.417 e. The number of ether oxygens (including phenoxy) is 1. The Kier molecular flexibility index (Phi) is 5.74. The zero-order chi connectivity index (χ0) is 17.8. The molecule has 0 unspecified atom stereocenters. The second-order valence-electron chi connectivity index (χ2n) is 4.70. The van der Waals surface area contributed by atoms with E-state index in [0.717, 1.165) is 12.1 Å². The number of rotatable bonds is 6. The Bertz CT molecular complexity index is 795. The fourth-order valence-corrected chi connectivity index (χ4v) is 3.29. The van der Waals surface area contributed by atoms with Crippen LogP contribution in [0.15, 0.2) is 53.4 Å². The summed E-state index contributed by atoms with van der Waals surface area (Å²) in [4.78, 5) is -0.876. The first-order valence-corrected chi connectivity index (χ1v) is 8.60. The van der Waals surface area contributed by atoms with Gasteiger partial charge >= 0.3 is 6.18 Å². The van der Waals surface area contributed by atoms with Gasteiger partial charge < -0.3 is 4.74 Å². The first kappa shape index (κ1) is 18.6. The number of hydrogen-bond donors (Lipinski definition) is 1. The van der Waals surface area contributed by atoms with E-state index in [2.05, 4.69) is 4.72 Å². The molecule has 1 N–H and O–H groups in total. The third kappa shape index (κ3) is 4.86. The molecule has 0 saturated heterocycles. The number of benzene rings is 2. The Morgan fingerprint density at radius 3 is 2.38 bits per heavy atom. The second-order valence-corrected chi connectivity index (χ2v) is 6.87. The molecule has 0 aliphatic rings. The molecule has 0 bridgehead atoms. The maximum absolute atomic E-state index is 13.0. The lowest BCUT2D eigenvalue weighted by atomic mass is 10.2. The molecule has 0 aliphatic carbocycles. The Labute approximate surface area is 142 Å². The summed E-state index contributed by atoms with van der Waals surface area (Å²) in [5.74, 6) is 0.527. The van der Waals surface area contributed by atoms with Crippen LogP contribution in [0.4, 0.5) is 13.2 Å². The molecule has 9 heteroatoms. The maximum atomic E-state index is 13.0. The Morgan fingerprint density at radius 2 is 1.75 bits per heavy atom. The van der Waals surface area contributed by atoms with Crippen LogP contribution >= 0.6 is 11.6 Å². The molecule has 0 atom stereocenters. The second kappa shape index (κ2) is 7.42. The van der Waals surface area contributed by atoms with Crippen molar-refractivity contribution in [3.8, 4) is 5.75 Å². The number of para-hydroxylation sites is 1. The molecule has 130 valence electrons. The van der Waals surface area contributed by atoms with E-state index >= 15 is 0 Å². The van der Waals surface area contributed by atoms with Crippen LogP contribution < -0.4 is 9.46 Å². The van der Waals surface area contributed by atoms with Crippen molar-refractivity contribution in [1.29, 1.82) is 0 Å². The van der Waals surface area contributed by atoms with E-state index < -0.39 is 26.7 Å². The lowest BCUT2D eigenvalue weighted by Crippen LogP contribution is -2.30. The summed E-state index contributed by atoms with van der Waals surface area (Å²) < 4.78 is 70.6. The summed E-state index contributed by atoms with van der Waals surface area (Å²) in [7, 11) is -4.35. The normalized spacial score (nSPS) is 12.2. The SMILES string of the molecule is O=S(=O)(NCCOc1ccccc1)c1ccc(Cl)cc1C(F)(F)F. The number of nitrogens with one attached hydrogen (secondary N) is 1.